The predicted octanol–water partition coefficient (Wildman–Crippen LogP) is 3.90. The molecule has 84 valence electrons. The Bertz CT molecular complexity index is 296. The van der Waals surface area contributed by atoms with Gasteiger partial charge in [0.25, 0.3) is 0 Å². The van der Waals surface area contributed by atoms with Gasteiger partial charge in [-0.1, -0.05) is 31.1 Å². The molecule has 0 aromatic heterocycles. The van der Waals surface area contributed by atoms with E-state index in [0.717, 1.165) is 12.8 Å². The highest BCUT2D eigenvalue weighted by Crippen LogP contribution is 2.36. The highest BCUT2D eigenvalue weighted by atomic mass is 16.1. The second-order valence-electron chi connectivity index (χ2n) is 4.56. The van der Waals surface area contributed by atoms with Crippen molar-refractivity contribution in [1.29, 1.82) is 0 Å². The van der Waals surface area contributed by atoms with E-state index in [4.69, 9.17) is 0 Å². The van der Waals surface area contributed by atoms with E-state index < -0.39 is 0 Å². The Morgan fingerprint density at radius 1 is 1.53 bits per heavy atom. The minimum absolute atomic E-state index is 0.153. The molecule has 15 heavy (non-hydrogen) atoms. The first-order valence-electron chi connectivity index (χ1n) is 5.96. The van der Waals surface area contributed by atoms with Gasteiger partial charge in [-0.3, -0.25) is 4.79 Å². The van der Waals surface area contributed by atoms with Gasteiger partial charge in [0, 0.05) is 5.92 Å². The van der Waals surface area contributed by atoms with Gasteiger partial charge < -0.3 is 0 Å². The Balaban J connectivity index is 3.00. The van der Waals surface area contributed by atoms with Crippen LogP contribution in [-0.4, -0.2) is 5.78 Å². The lowest BCUT2D eigenvalue weighted by atomic mass is 9.73. The molecule has 0 saturated carbocycles. The molecule has 0 fully saturated rings. The van der Waals surface area contributed by atoms with Crippen LogP contribution in [0.25, 0.3) is 0 Å². The van der Waals surface area contributed by atoms with Crippen molar-refractivity contribution in [2.75, 3.05) is 0 Å². The zero-order valence-electron chi connectivity index (χ0n) is 10.3. The summed E-state index contributed by atoms with van der Waals surface area (Å²) in [6, 6.07) is 0. The Morgan fingerprint density at radius 3 is 2.73 bits per heavy atom. The second kappa shape index (κ2) is 5.29. The maximum absolute atomic E-state index is 12.0. The second-order valence-corrected chi connectivity index (χ2v) is 4.56. The summed E-state index contributed by atoms with van der Waals surface area (Å²) in [6.07, 6.45) is 6.93. The van der Waals surface area contributed by atoms with Gasteiger partial charge in [0.1, 0.15) is 0 Å². The van der Waals surface area contributed by atoms with Gasteiger partial charge >= 0.3 is 0 Å². The summed E-state index contributed by atoms with van der Waals surface area (Å²) in [5.74, 6) is 0.952. The van der Waals surface area contributed by atoms with Crippen molar-refractivity contribution < 1.29 is 4.79 Å². The van der Waals surface area contributed by atoms with Gasteiger partial charge in [-0.2, -0.15) is 0 Å². The third-order valence-electron chi connectivity index (χ3n) is 3.49. The summed E-state index contributed by atoms with van der Waals surface area (Å²) in [6.45, 7) is 8.45. The predicted molar refractivity (Wildman–Crippen MR) is 64.7 cm³/mol. The zero-order valence-corrected chi connectivity index (χ0v) is 10.3. The first kappa shape index (κ1) is 12.2. The standard InChI is InChI=1S/C14H22O/c1-5-7-13(15)14-11(4)9-8-10(3)12(14)6-2/h5,7,11,14H,6,8-9H2,1-4H3. The van der Waals surface area contributed by atoms with Crippen molar-refractivity contribution >= 4 is 5.78 Å². The molecule has 0 heterocycles. The molecule has 1 nitrogen and oxygen atoms in total. The number of allylic oxidation sites excluding steroid dienone is 4. The Labute approximate surface area is 93.3 Å². The summed E-state index contributed by atoms with van der Waals surface area (Å²) >= 11 is 0. The highest BCUT2D eigenvalue weighted by molar-refractivity contribution is 5.94. The summed E-state index contributed by atoms with van der Waals surface area (Å²) in [5.41, 5.74) is 2.83. The molecular formula is C14H22O. The lowest BCUT2D eigenvalue weighted by molar-refractivity contribution is -0.118. The molecule has 1 aliphatic rings. The van der Waals surface area contributed by atoms with E-state index in [2.05, 4.69) is 20.8 Å². The quantitative estimate of drug-likeness (QED) is 0.505. The Hall–Kier alpha value is -0.850. The molecule has 0 radical (unpaired) electrons. The normalized spacial score (nSPS) is 27.5. The molecule has 1 rings (SSSR count). The van der Waals surface area contributed by atoms with Crippen LogP contribution in [0.3, 0.4) is 0 Å². The van der Waals surface area contributed by atoms with Gasteiger partial charge in [0.15, 0.2) is 5.78 Å². The van der Waals surface area contributed by atoms with Gasteiger partial charge in [-0.15, -0.1) is 0 Å². The van der Waals surface area contributed by atoms with Crippen LogP contribution < -0.4 is 0 Å². The number of ketones is 1. The van der Waals surface area contributed by atoms with Crippen LogP contribution in [0.1, 0.15) is 47.0 Å². The fourth-order valence-electron chi connectivity index (χ4n) is 2.62. The molecule has 0 aliphatic heterocycles. The van der Waals surface area contributed by atoms with Crippen LogP contribution in [0, 0.1) is 11.8 Å². The molecule has 0 saturated heterocycles. The molecule has 1 heteroatoms. The maximum atomic E-state index is 12.0. The smallest absolute Gasteiger partial charge is 0.162 e. The molecule has 0 aromatic rings. The summed E-state index contributed by atoms with van der Waals surface area (Å²) < 4.78 is 0. The largest absolute Gasteiger partial charge is 0.294 e. The monoisotopic (exact) mass is 206 g/mol. The molecule has 0 amide bonds. The van der Waals surface area contributed by atoms with Crippen LogP contribution in [0.5, 0.6) is 0 Å². The average Bonchev–Trinajstić information content (AvgIpc) is 2.21. The Kier molecular flexibility index (Phi) is 4.31. The minimum Gasteiger partial charge on any atom is -0.294 e. The summed E-state index contributed by atoms with van der Waals surface area (Å²) in [7, 11) is 0. The molecule has 0 N–H and O–H groups in total. The molecule has 0 aromatic carbocycles. The minimum atomic E-state index is 0.153. The van der Waals surface area contributed by atoms with Crippen LogP contribution >= 0.6 is 0 Å². The van der Waals surface area contributed by atoms with Gasteiger partial charge in [-0.05, 0) is 45.1 Å². The van der Waals surface area contributed by atoms with E-state index >= 15 is 0 Å². The highest BCUT2D eigenvalue weighted by Gasteiger charge is 2.30. The number of hydrogen-bond acceptors (Lipinski definition) is 1. The molecule has 0 bridgehead atoms. The van der Waals surface area contributed by atoms with Crippen LogP contribution in [0.15, 0.2) is 23.3 Å². The first-order valence-corrected chi connectivity index (χ1v) is 5.96. The van der Waals surface area contributed by atoms with Crippen molar-refractivity contribution in [1.82, 2.24) is 0 Å². The van der Waals surface area contributed by atoms with Crippen molar-refractivity contribution in [2.45, 2.75) is 47.0 Å². The third kappa shape index (κ3) is 2.58. The average molecular weight is 206 g/mol. The summed E-state index contributed by atoms with van der Waals surface area (Å²) in [5, 5.41) is 0. The fourth-order valence-corrected chi connectivity index (χ4v) is 2.62. The van der Waals surface area contributed by atoms with Crippen molar-refractivity contribution in [3.63, 3.8) is 0 Å². The van der Waals surface area contributed by atoms with E-state index in [9.17, 15) is 4.79 Å². The fraction of sp³-hybridized carbons (Fsp3) is 0.643. The first-order chi connectivity index (χ1) is 7.11. The van der Waals surface area contributed by atoms with E-state index in [0.29, 0.717) is 11.7 Å². The van der Waals surface area contributed by atoms with Crippen molar-refractivity contribution in [3.05, 3.63) is 23.3 Å². The maximum Gasteiger partial charge on any atom is 0.162 e. The molecule has 2 unspecified atom stereocenters. The van der Waals surface area contributed by atoms with E-state index in [-0.39, 0.29) is 5.92 Å². The number of carbonyl (C=O) groups excluding carboxylic acids is 1. The van der Waals surface area contributed by atoms with Gasteiger partial charge in [0.2, 0.25) is 0 Å². The number of hydrogen-bond donors (Lipinski definition) is 0. The van der Waals surface area contributed by atoms with Gasteiger partial charge in [0.05, 0.1) is 0 Å². The number of rotatable bonds is 3. The third-order valence-corrected chi connectivity index (χ3v) is 3.49. The lowest BCUT2D eigenvalue weighted by Gasteiger charge is -2.31. The van der Waals surface area contributed by atoms with Crippen molar-refractivity contribution in [2.24, 2.45) is 11.8 Å². The molecule has 1 aliphatic carbocycles. The van der Waals surface area contributed by atoms with E-state index in [1.54, 1.807) is 6.08 Å². The zero-order chi connectivity index (χ0) is 11.4. The van der Waals surface area contributed by atoms with Crippen molar-refractivity contribution in [3.8, 4) is 0 Å². The van der Waals surface area contributed by atoms with E-state index in [1.165, 1.54) is 17.6 Å². The molecular weight excluding hydrogens is 184 g/mol. The van der Waals surface area contributed by atoms with E-state index in [1.807, 2.05) is 13.0 Å². The molecule has 0 spiro atoms. The van der Waals surface area contributed by atoms with Crippen LogP contribution in [0.2, 0.25) is 0 Å². The van der Waals surface area contributed by atoms with Crippen LogP contribution in [0.4, 0.5) is 0 Å². The molecule has 2 atom stereocenters. The van der Waals surface area contributed by atoms with Crippen LogP contribution in [-0.2, 0) is 4.79 Å². The lowest BCUT2D eigenvalue weighted by Crippen LogP contribution is -2.26. The summed E-state index contributed by atoms with van der Waals surface area (Å²) in [4.78, 5) is 12.0. The topological polar surface area (TPSA) is 17.1 Å². The Morgan fingerprint density at radius 2 is 2.20 bits per heavy atom. The van der Waals surface area contributed by atoms with Gasteiger partial charge in [-0.25, -0.2) is 0 Å². The number of carbonyl (C=O) groups is 1. The SMILES string of the molecule is CC=CC(=O)C1C(CC)=C(C)CCC1C.